The molecule has 0 radical (unpaired) electrons. The molecule has 194 valence electrons. The van der Waals surface area contributed by atoms with Gasteiger partial charge in [-0.1, -0.05) is 18.9 Å². The van der Waals surface area contributed by atoms with Gasteiger partial charge in [0.2, 0.25) is 10.0 Å². The Morgan fingerprint density at radius 2 is 2.03 bits per heavy atom. The molecular weight excluding hydrogens is 480 g/mol. The van der Waals surface area contributed by atoms with E-state index in [2.05, 4.69) is 22.1 Å². The summed E-state index contributed by atoms with van der Waals surface area (Å²) in [6.07, 6.45) is 1.14. The molecule has 0 spiro atoms. The summed E-state index contributed by atoms with van der Waals surface area (Å²) >= 11 is 0. The highest BCUT2D eigenvalue weighted by molar-refractivity contribution is 7.89. The zero-order valence-electron chi connectivity index (χ0n) is 21.3. The second-order valence-electron chi connectivity index (χ2n) is 9.35. The zero-order valence-corrected chi connectivity index (χ0v) is 22.1. The molecule has 2 heterocycles. The first-order valence-electron chi connectivity index (χ1n) is 11.9. The fraction of sp³-hybridized carbons (Fsp3) is 0.462. The van der Waals surface area contributed by atoms with Crippen molar-refractivity contribution in [1.82, 2.24) is 19.5 Å². The van der Waals surface area contributed by atoms with E-state index in [1.807, 2.05) is 26.8 Å². The van der Waals surface area contributed by atoms with E-state index in [1.54, 1.807) is 44.4 Å². The van der Waals surface area contributed by atoms with Crippen LogP contribution in [0.2, 0.25) is 0 Å². The predicted octanol–water partition coefficient (Wildman–Crippen LogP) is 2.30. The molecule has 3 rings (SSSR count). The Labute approximate surface area is 213 Å². The number of pyridine rings is 1. The van der Waals surface area contributed by atoms with Gasteiger partial charge in [0.1, 0.15) is 22.4 Å². The van der Waals surface area contributed by atoms with Crippen LogP contribution in [0.1, 0.15) is 39.0 Å². The summed E-state index contributed by atoms with van der Waals surface area (Å²) in [6, 6.07) is 9.22. The van der Waals surface area contributed by atoms with E-state index in [0.717, 1.165) is 0 Å². The maximum atomic E-state index is 13.6. The van der Waals surface area contributed by atoms with Crippen molar-refractivity contribution in [2.45, 2.75) is 50.8 Å². The molecule has 1 aromatic carbocycles. The molecule has 0 unspecified atom stereocenters. The molecule has 0 saturated carbocycles. The van der Waals surface area contributed by atoms with Crippen LogP contribution in [-0.2, 0) is 10.0 Å². The second kappa shape index (κ2) is 11.7. The molecule has 0 bridgehead atoms. The monoisotopic (exact) mass is 514 g/mol. The summed E-state index contributed by atoms with van der Waals surface area (Å²) in [5, 5.41) is 12.6. The van der Waals surface area contributed by atoms with Gasteiger partial charge in [-0.05, 0) is 57.0 Å². The van der Waals surface area contributed by atoms with Crippen LogP contribution < -0.4 is 10.1 Å². The Bertz CT molecular complexity index is 1220. The van der Waals surface area contributed by atoms with Gasteiger partial charge in [-0.3, -0.25) is 0 Å². The number of amides is 2. The third-order valence-electron chi connectivity index (χ3n) is 5.88. The van der Waals surface area contributed by atoms with E-state index in [9.17, 15) is 18.3 Å². The highest BCUT2D eigenvalue weighted by Gasteiger charge is 2.38. The summed E-state index contributed by atoms with van der Waals surface area (Å²) in [5.41, 5.74) is 1.15. The van der Waals surface area contributed by atoms with Crippen LogP contribution >= 0.6 is 0 Å². The lowest BCUT2D eigenvalue weighted by Crippen LogP contribution is -2.51. The van der Waals surface area contributed by atoms with Crippen molar-refractivity contribution in [3.8, 4) is 17.6 Å². The van der Waals surface area contributed by atoms with Gasteiger partial charge in [0.05, 0.1) is 13.2 Å². The number of likely N-dealkylation sites (N-methyl/N-ethyl adjacent to an activating group) is 1. The number of hydrogen-bond donors (Lipinski definition) is 2. The minimum absolute atomic E-state index is 0.00243. The first-order chi connectivity index (χ1) is 17.0. The third kappa shape index (κ3) is 6.55. The molecule has 1 aromatic heterocycles. The van der Waals surface area contributed by atoms with Gasteiger partial charge < -0.3 is 20.1 Å². The molecule has 1 aliphatic rings. The number of fused-ring (bicyclic) bond motifs is 1. The van der Waals surface area contributed by atoms with E-state index in [1.165, 1.54) is 15.3 Å². The van der Waals surface area contributed by atoms with Crippen LogP contribution in [0.5, 0.6) is 5.75 Å². The number of aromatic nitrogens is 1. The number of nitrogens with zero attached hydrogens (tertiary/aromatic N) is 3. The minimum Gasteiger partial charge on any atom is -0.487 e. The van der Waals surface area contributed by atoms with Crippen molar-refractivity contribution in [3.05, 3.63) is 53.9 Å². The van der Waals surface area contributed by atoms with Gasteiger partial charge in [0.25, 0.3) is 0 Å². The summed E-state index contributed by atoms with van der Waals surface area (Å²) < 4.78 is 34.8. The molecule has 10 heteroatoms. The van der Waals surface area contributed by atoms with Crippen molar-refractivity contribution in [1.29, 1.82) is 0 Å². The lowest BCUT2D eigenvalue weighted by Gasteiger charge is -2.37. The van der Waals surface area contributed by atoms with Crippen LogP contribution in [0, 0.1) is 17.8 Å². The number of hydrogen-bond acceptors (Lipinski definition) is 6. The van der Waals surface area contributed by atoms with Crippen LogP contribution in [0.4, 0.5) is 4.79 Å². The summed E-state index contributed by atoms with van der Waals surface area (Å²) in [6.45, 7) is 7.35. The number of carbonyl (C=O) groups excluding carboxylic acids is 1. The zero-order chi connectivity index (χ0) is 26.5. The summed E-state index contributed by atoms with van der Waals surface area (Å²) in [7, 11) is -2.29. The van der Waals surface area contributed by atoms with Crippen LogP contribution in [0.15, 0.2) is 47.5 Å². The maximum Gasteiger partial charge on any atom is 0.317 e. The van der Waals surface area contributed by atoms with E-state index in [0.29, 0.717) is 11.3 Å². The number of carbonyl (C=O) groups is 1. The Morgan fingerprint density at radius 1 is 1.28 bits per heavy atom. The topological polar surface area (TPSA) is 112 Å². The molecule has 0 fully saturated rings. The minimum atomic E-state index is -3.96. The Hall–Kier alpha value is -3.13. The normalized spacial score (nSPS) is 20.1. The van der Waals surface area contributed by atoms with E-state index in [4.69, 9.17) is 4.74 Å². The quantitative estimate of drug-likeness (QED) is 0.593. The van der Waals surface area contributed by atoms with Gasteiger partial charge in [-0.15, -0.1) is 0 Å². The smallest absolute Gasteiger partial charge is 0.317 e. The van der Waals surface area contributed by atoms with Crippen molar-refractivity contribution in [2.75, 3.05) is 26.7 Å². The number of sulfonamides is 1. The van der Waals surface area contributed by atoms with E-state index >= 15 is 0 Å². The molecule has 36 heavy (non-hydrogen) atoms. The Kier molecular flexibility index (Phi) is 8.95. The SMILES string of the molecule is CC(C)NC(=O)N(C)C[C@@H]1Oc2cc(C#Cc3ccccn3)ccc2S(=O)(=O)N([C@H](C)CO)C[C@H]1C. The summed E-state index contributed by atoms with van der Waals surface area (Å²) in [4.78, 5) is 18.2. The highest BCUT2D eigenvalue weighted by atomic mass is 32.2. The van der Waals surface area contributed by atoms with Crippen LogP contribution in [-0.4, -0.2) is 78.7 Å². The predicted molar refractivity (Wildman–Crippen MR) is 137 cm³/mol. The molecular formula is C26H34N4O5S. The van der Waals surface area contributed by atoms with Crippen LogP contribution in [0.3, 0.4) is 0 Å². The standard InChI is InChI=1S/C26H34N4O5S/c1-18(2)28-26(32)29(5)16-24-19(3)15-30(20(4)17-31)36(33,34)25-12-10-21(14-23(25)35-24)9-11-22-8-6-7-13-27-22/h6-8,10,12-14,18-20,24,31H,15-17H2,1-5H3,(H,28,32)/t19-,20-,24+/m1/s1. The lowest BCUT2D eigenvalue weighted by molar-refractivity contribution is 0.0809. The number of ether oxygens (including phenoxy) is 1. The first-order valence-corrected chi connectivity index (χ1v) is 13.3. The third-order valence-corrected chi connectivity index (χ3v) is 7.90. The largest absolute Gasteiger partial charge is 0.487 e. The van der Waals surface area contributed by atoms with Crippen molar-refractivity contribution < 1.29 is 23.1 Å². The molecule has 1 aliphatic heterocycles. The van der Waals surface area contributed by atoms with Crippen molar-refractivity contribution in [2.24, 2.45) is 5.92 Å². The van der Waals surface area contributed by atoms with Crippen molar-refractivity contribution in [3.63, 3.8) is 0 Å². The average Bonchev–Trinajstić information content (AvgIpc) is 2.84. The molecule has 3 atom stereocenters. The highest BCUT2D eigenvalue weighted by Crippen LogP contribution is 2.34. The van der Waals surface area contributed by atoms with Crippen LogP contribution in [0.25, 0.3) is 0 Å². The van der Waals surface area contributed by atoms with E-state index < -0.39 is 22.2 Å². The average molecular weight is 515 g/mol. The Balaban J connectivity index is 2.03. The molecule has 2 aromatic rings. The lowest BCUT2D eigenvalue weighted by atomic mass is 10.0. The molecule has 0 saturated heterocycles. The molecule has 2 N–H and O–H groups in total. The van der Waals surface area contributed by atoms with Crippen molar-refractivity contribution >= 4 is 16.1 Å². The fourth-order valence-electron chi connectivity index (χ4n) is 3.80. The maximum absolute atomic E-state index is 13.6. The number of nitrogens with one attached hydrogen (secondary N) is 1. The number of aliphatic hydroxyl groups excluding tert-OH is 1. The second-order valence-corrected chi connectivity index (χ2v) is 11.2. The number of urea groups is 1. The first kappa shape index (κ1) is 27.5. The molecule has 9 nitrogen and oxygen atoms in total. The van der Waals surface area contributed by atoms with Gasteiger partial charge in [0, 0.05) is 43.4 Å². The molecule has 2 amide bonds. The number of aliphatic hydroxyl groups is 1. The molecule has 0 aliphatic carbocycles. The van der Waals surface area contributed by atoms with Gasteiger partial charge in [-0.25, -0.2) is 18.2 Å². The number of rotatable bonds is 5. The summed E-state index contributed by atoms with van der Waals surface area (Å²) in [5.74, 6) is 5.86. The van der Waals surface area contributed by atoms with Gasteiger partial charge >= 0.3 is 6.03 Å². The fourth-order valence-corrected chi connectivity index (χ4v) is 5.63. The van der Waals surface area contributed by atoms with Gasteiger partial charge in [0.15, 0.2) is 0 Å². The Morgan fingerprint density at radius 3 is 2.67 bits per heavy atom. The van der Waals surface area contributed by atoms with E-state index in [-0.39, 0.29) is 48.3 Å². The number of benzene rings is 1. The van der Waals surface area contributed by atoms with Gasteiger partial charge in [-0.2, -0.15) is 4.31 Å².